The summed E-state index contributed by atoms with van der Waals surface area (Å²) < 4.78 is 68.5. The van der Waals surface area contributed by atoms with E-state index in [9.17, 15) is 21.6 Å². The smallest absolute Gasteiger partial charge is 0.481 e. The topological polar surface area (TPSA) is 90.4 Å². The summed E-state index contributed by atoms with van der Waals surface area (Å²) in [7, 11) is -3.19. The zero-order valence-corrected chi connectivity index (χ0v) is 9.96. The van der Waals surface area contributed by atoms with Gasteiger partial charge >= 0.3 is 15.5 Å². The number of nitrogens with zero attached hydrogens (tertiary/aromatic N) is 2. The molecule has 7 nitrogen and oxygen atoms in total. The number of rotatable bonds is 4. The number of methoxy groups -OCH3 is 2. The van der Waals surface area contributed by atoms with Gasteiger partial charge in [-0.05, 0) is 0 Å². The molecule has 0 fully saturated rings. The largest absolute Gasteiger partial charge is 0.516 e. The van der Waals surface area contributed by atoms with Gasteiger partial charge in [0.2, 0.25) is 17.7 Å². The first-order valence-corrected chi connectivity index (χ1v) is 5.74. The molecule has 0 spiro atoms. The Labute approximate surface area is 100.0 Å². The molecule has 0 atom stereocenters. The van der Waals surface area contributed by atoms with Crippen molar-refractivity contribution in [2.45, 2.75) is 5.51 Å². The molecular weight excluding hydrogens is 279 g/mol. The highest BCUT2D eigenvalue weighted by Crippen LogP contribution is 2.25. The Kier molecular flexibility index (Phi) is 3.84. The molecule has 0 aliphatic carbocycles. The average molecular weight is 287 g/mol. The molecule has 102 valence electrons. The Morgan fingerprint density at radius 1 is 1.17 bits per heavy atom. The molecule has 1 heterocycles. The van der Waals surface area contributed by atoms with Crippen molar-refractivity contribution in [1.29, 1.82) is 0 Å². The molecule has 1 aromatic heterocycles. The normalized spacial score (nSPS) is 12.1. The van der Waals surface area contributed by atoms with Crippen LogP contribution in [0, 0.1) is 0 Å². The lowest BCUT2D eigenvalue weighted by atomic mass is 10.6. The van der Waals surface area contributed by atoms with E-state index in [1.807, 2.05) is 0 Å². The summed E-state index contributed by atoms with van der Waals surface area (Å²) in [4.78, 5) is 6.79. The van der Waals surface area contributed by atoms with E-state index in [2.05, 4.69) is 19.4 Å². The van der Waals surface area contributed by atoms with E-state index in [-0.39, 0.29) is 11.8 Å². The monoisotopic (exact) mass is 287 g/mol. The summed E-state index contributed by atoms with van der Waals surface area (Å²) in [6.07, 6.45) is 0. The first-order valence-electron chi connectivity index (χ1n) is 4.26. The van der Waals surface area contributed by atoms with Gasteiger partial charge in [-0.25, -0.2) is 4.72 Å². The third kappa shape index (κ3) is 3.12. The standard InChI is InChI=1S/C7H8F3N3O4S/c1-16-4-3-5(17-2)12-6(11-4)13-18(14,15)7(8,9)10/h3H,1-2H3,(H,11,12,13). The number of nitrogens with one attached hydrogen (secondary N) is 1. The minimum absolute atomic E-state index is 0.151. The Morgan fingerprint density at radius 2 is 1.61 bits per heavy atom. The van der Waals surface area contributed by atoms with Gasteiger partial charge < -0.3 is 9.47 Å². The molecule has 1 aromatic rings. The summed E-state index contributed by atoms with van der Waals surface area (Å²) in [6, 6.07) is 1.17. The van der Waals surface area contributed by atoms with Crippen LogP contribution < -0.4 is 14.2 Å². The molecule has 1 N–H and O–H groups in total. The van der Waals surface area contributed by atoms with Gasteiger partial charge in [0.25, 0.3) is 0 Å². The number of hydrogen-bond acceptors (Lipinski definition) is 6. The van der Waals surface area contributed by atoms with Crippen molar-refractivity contribution in [2.75, 3.05) is 18.9 Å². The van der Waals surface area contributed by atoms with Gasteiger partial charge in [0, 0.05) is 0 Å². The van der Waals surface area contributed by atoms with E-state index in [4.69, 9.17) is 0 Å². The highest BCUT2D eigenvalue weighted by molar-refractivity contribution is 7.93. The van der Waals surface area contributed by atoms with Crippen LogP contribution >= 0.6 is 0 Å². The Bertz CT molecular complexity index is 509. The Morgan fingerprint density at radius 3 is 1.94 bits per heavy atom. The quantitative estimate of drug-likeness (QED) is 0.879. The summed E-state index contributed by atoms with van der Waals surface area (Å²) in [5, 5.41) is 0. The lowest BCUT2D eigenvalue weighted by Gasteiger charge is -2.10. The molecule has 0 radical (unpaired) electrons. The van der Waals surface area contributed by atoms with E-state index >= 15 is 0 Å². The molecule has 11 heteroatoms. The zero-order chi connectivity index (χ0) is 14.0. The molecule has 0 amide bonds. The van der Waals surface area contributed by atoms with Crippen LogP contribution in [0.5, 0.6) is 11.8 Å². The molecular formula is C7H8F3N3O4S. The first kappa shape index (κ1) is 14.3. The van der Waals surface area contributed by atoms with Gasteiger partial charge in [-0.15, -0.1) is 0 Å². The van der Waals surface area contributed by atoms with E-state index < -0.39 is 21.5 Å². The fourth-order valence-corrected chi connectivity index (χ4v) is 1.28. The summed E-state index contributed by atoms with van der Waals surface area (Å²) >= 11 is 0. The third-order valence-electron chi connectivity index (χ3n) is 1.63. The number of halogens is 3. The molecule has 0 aliphatic rings. The predicted molar refractivity (Wildman–Crippen MR) is 53.7 cm³/mol. The molecule has 0 saturated carbocycles. The number of alkyl halides is 3. The highest BCUT2D eigenvalue weighted by Gasteiger charge is 2.46. The summed E-state index contributed by atoms with van der Waals surface area (Å²) in [6.45, 7) is 0. The first-order chi connectivity index (χ1) is 8.19. The molecule has 0 aliphatic heterocycles. The second kappa shape index (κ2) is 4.84. The lowest BCUT2D eigenvalue weighted by molar-refractivity contribution is -0.0429. The Hall–Kier alpha value is -1.78. The second-order valence-corrected chi connectivity index (χ2v) is 4.50. The van der Waals surface area contributed by atoms with E-state index in [0.717, 1.165) is 0 Å². The molecule has 1 rings (SSSR count). The van der Waals surface area contributed by atoms with E-state index in [1.54, 1.807) is 0 Å². The lowest BCUT2D eigenvalue weighted by Crippen LogP contribution is -2.30. The number of hydrogen-bond donors (Lipinski definition) is 1. The van der Waals surface area contributed by atoms with Gasteiger partial charge in [0.1, 0.15) is 0 Å². The number of aromatic nitrogens is 2. The molecule has 0 unspecified atom stereocenters. The van der Waals surface area contributed by atoms with Crippen molar-refractivity contribution in [1.82, 2.24) is 9.97 Å². The fourth-order valence-electron chi connectivity index (χ4n) is 0.837. The maximum Gasteiger partial charge on any atom is 0.516 e. The van der Waals surface area contributed by atoms with Crippen molar-refractivity contribution in [2.24, 2.45) is 0 Å². The molecule has 18 heavy (non-hydrogen) atoms. The molecule has 0 saturated heterocycles. The third-order valence-corrected chi connectivity index (χ3v) is 2.69. The number of ether oxygens (including phenoxy) is 2. The van der Waals surface area contributed by atoms with Crippen LogP contribution in [0.4, 0.5) is 19.1 Å². The van der Waals surface area contributed by atoms with Gasteiger partial charge in [-0.3, -0.25) is 0 Å². The molecule has 0 bridgehead atoms. The van der Waals surface area contributed by atoms with Crippen LogP contribution in [0.1, 0.15) is 0 Å². The average Bonchev–Trinajstić information content (AvgIpc) is 2.26. The van der Waals surface area contributed by atoms with Crippen molar-refractivity contribution < 1.29 is 31.1 Å². The van der Waals surface area contributed by atoms with Crippen molar-refractivity contribution >= 4 is 16.0 Å². The van der Waals surface area contributed by atoms with Crippen LogP contribution in [0.15, 0.2) is 6.07 Å². The van der Waals surface area contributed by atoms with Gasteiger partial charge in [0.05, 0.1) is 20.3 Å². The van der Waals surface area contributed by atoms with Crippen molar-refractivity contribution in [3.63, 3.8) is 0 Å². The highest BCUT2D eigenvalue weighted by atomic mass is 32.2. The number of sulfonamides is 1. The fraction of sp³-hybridized carbons (Fsp3) is 0.429. The Balaban J connectivity index is 3.12. The van der Waals surface area contributed by atoms with Crippen LogP contribution in [0.3, 0.4) is 0 Å². The van der Waals surface area contributed by atoms with Crippen molar-refractivity contribution in [3.05, 3.63) is 6.07 Å². The van der Waals surface area contributed by atoms with Gasteiger partial charge in [0.15, 0.2) is 0 Å². The molecule has 0 aromatic carbocycles. The van der Waals surface area contributed by atoms with E-state index in [1.165, 1.54) is 25.0 Å². The van der Waals surface area contributed by atoms with Crippen LogP contribution in [0.25, 0.3) is 0 Å². The van der Waals surface area contributed by atoms with Gasteiger partial charge in [-0.1, -0.05) is 0 Å². The van der Waals surface area contributed by atoms with Crippen molar-refractivity contribution in [3.8, 4) is 11.8 Å². The van der Waals surface area contributed by atoms with Gasteiger partial charge in [-0.2, -0.15) is 31.6 Å². The maximum atomic E-state index is 12.1. The predicted octanol–water partition coefficient (Wildman–Crippen LogP) is 0.755. The van der Waals surface area contributed by atoms with Crippen LogP contribution in [-0.2, 0) is 10.0 Å². The second-order valence-electron chi connectivity index (χ2n) is 2.83. The number of anilines is 1. The minimum atomic E-state index is -5.59. The minimum Gasteiger partial charge on any atom is -0.481 e. The summed E-state index contributed by atoms with van der Waals surface area (Å²) in [5.74, 6) is -1.10. The van der Waals surface area contributed by atoms with E-state index in [0.29, 0.717) is 0 Å². The maximum absolute atomic E-state index is 12.1. The zero-order valence-electron chi connectivity index (χ0n) is 9.15. The summed E-state index contributed by atoms with van der Waals surface area (Å²) in [5.41, 5.74) is -5.47. The van der Waals surface area contributed by atoms with Crippen LogP contribution in [0.2, 0.25) is 0 Å². The van der Waals surface area contributed by atoms with Crippen LogP contribution in [-0.4, -0.2) is 38.1 Å². The SMILES string of the molecule is COc1cc(OC)nc(NS(=O)(=O)C(F)(F)F)n1.